The van der Waals surface area contributed by atoms with Crippen LogP contribution in [0.2, 0.25) is 10.2 Å². The standard InChI is InChI=1S/C11H12Cl2N2O3/c1-2-6(11(17)18)5-14-10(16)9-7(12)3-4-8(13)15-9/h3-4,6H,2,5H2,1H3,(H,14,16)(H,17,18). The van der Waals surface area contributed by atoms with Crippen LogP contribution >= 0.6 is 23.2 Å². The molecule has 0 saturated heterocycles. The molecule has 2 N–H and O–H groups in total. The highest BCUT2D eigenvalue weighted by Crippen LogP contribution is 2.16. The first-order valence-corrected chi connectivity index (χ1v) is 6.04. The second-order valence-corrected chi connectivity index (χ2v) is 4.41. The normalized spacial score (nSPS) is 11.9. The second kappa shape index (κ2) is 6.56. The summed E-state index contributed by atoms with van der Waals surface area (Å²) in [6.07, 6.45) is 0.423. The number of carboxylic acid groups (broad SMARTS) is 1. The molecule has 98 valence electrons. The van der Waals surface area contributed by atoms with Crippen molar-refractivity contribution in [2.45, 2.75) is 13.3 Å². The van der Waals surface area contributed by atoms with Gasteiger partial charge in [-0.15, -0.1) is 0 Å². The molecule has 1 amide bonds. The molecule has 5 nitrogen and oxygen atoms in total. The molecule has 1 heterocycles. The van der Waals surface area contributed by atoms with Crippen LogP contribution in [0, 0.1) is 5.92 Å². The Labute approximate surface area is 114 Å². The molecule has 0 saturated carbocycles. The highest BCUT2D eigenvalue weighted by Gasteiger charge is 2.18. The molecule has 0 bridgehead atoms. The minimum atomic E-state index is -0.956. The summed E-state index contributed by atoms with van der Waals surface area (Å²) >= 11 is 11.5. The number of halogens is 2. The summed E-state index contributed by atoms with van der Waals surface area (Å²) in [6.45, 7) is 1.75. The number of hydrogen-bond donors (Lipinski definition) is 2. The lowest BCUT2D eigenvalue weighted by Crippen LogP contribution is -2.33. The van der Waals surface area contributed by atoms with Crippen molar-refractivity contribution in [1.29, 1.82) is 0 Å². The number of amides is 1. The Kier molecular flexibility index (Phi) is 5.37. The molecule has 0 spiro atoms. The third kappa shape index (κ3) is 3.85. The fourth-order valence-corrected chi connectivity index (χ4v) is 1.62. The van der Waals surface area contributed by atoms with Gasteiger partial charge in [0.25, 0.3) is 5.91 Å². The number of aliphatic carboxylic acids is 1. The quantitative estimate of drug-likeness (QED) is 0.815. The molecule has 1 unspecified atom stereocenters. The van der Waals surface area contributed by atoms with Crippen LogP contribution in [0.5, 0.6) is 0 Å². The van der Waals surface area contributed by atoms with Gasteiger partial charge >= 0.3 is 5.97 Å². The van der Waals surface area contributed by atoms with Gasteiger partial charge in [0.2, 0.25) is 0 Å². The van der Waals surface area contributed by atoms with Crippen molar-refractivity contribution in [3.8, 4) is 0 Å². The second-order valence-electron chi connectivity index (χ2n) is 3.62. The Morgan fingerprint density at radius 3 is 2.67 bits per heavy atom. The zero-order valence-electron chi connectivity index (χ0n) is 9.61. The summed E-state index contributed by atoms with van der Waals surface area (Å²) in [5.74, 6) is -2.13. The van der Waals surface area contributed by atoms with Gasteiger partial charge in [-0.2, -0.15) is 0 Å². The monoisotopic (exact) mass is 290 g/mol. The summed E-state index contributed by atoms with van der Waals surface area (Å²) in [7, 11) is 0. The van der Waals surface area contributed by atoms with E-state index in [-0.39, 0.29) is 22.4 Å². The number of pyridine rings is 1. The zero-order chi connectivity index (χ0) is 13.7. The average molecular weight is 291 g/mol. The van der Waals surface area contributed by atoms with Gasteiger partial charge in [0, 0.05) is 6.54 Å². The molecule has 1 aromatic heterocycles. The van der Waals surface area contributed by atoms with E-state index in [9.17, 15) is 9.59 Å². The summed E-state index contributed by atoms with van der Waals surface area (Å²) < 4.78 is 0. The highest BCUT2D eigenvalue weighted by molar-refractivity contribution is 6.34. The van der Waals surface area contributed by atoms with Crippen LogP contribution in [0.3, 0.4) is 0 Å². The Balaban J connectivity index is 2.71. The molecule has 7 heteroatoms. The van der Waals surface area contributed by atoms with Gasteiger partial charge in [-0.05, 0) is 18.6 Å². The van der Waals surface area contributed by atoms with Gasteiger partial charge in [0.05, 0.1) is 10.9 Å². The maximum absolute atomic E-state index is 11.8. The van der Waals surface area contributed by atoms with Crippen LogP contribution < -0.4 is 5.32 Å². The topological polar surface area (TPSA) is 79.3 Å². The molecule has 0 aliphatic rings. The Morgan fingerprint density at radius 1 is 1.44 bits per heavy atom. The van der Waals surface area contributed by atoms with E-state index in [4.69, 9.17) is 28.3 Å². The lowest BCUT2D eigenvalue weighted by molar-refractivity contribution is -0.141. The van der Waals surface area contributed by atoms with Crippen molar-refractivity contribution >= 4 is 35.1 Å². The third-order valence-corrected chi connectivity index (χ3v) is 2.89. The minimum Gasteiger partial charge on any atom is -0.481 e. The van der Waals surface area contributed by atoms with Crippen molar-refractivity contribution in [3.05, 3.63) is 28.0 Å². The first-order valence-electron chi connectivity index (χ1n) is 5.28. The number of hydrogen-bond acceptors (Lipinski definition) is 3. The minimum absolute atomic E-state index is 0.00981. The number of carbonyl (C=O) groups excluding carboxylic acids is 1. The Bertz CT molecular complexity index is 466. The van der Waals surface area contributed by atoms with E-state index in [0.717, 1.165) is 0 Å². The molecule has 18 heavy (non-hydrogen) atoms. The summed E-state index contributed by atoms with van der Waals surface area (Å²) in [5.41, 5.74) is -0.00981. The third-order valence-electron chi connectivity index (χ3n) is 2.38. The van der Waals surface area contributed by atoms with Crippen LogP contribution in [0.25, 0.3) is 0 Å². The number of carboxylic acids is 1. The number of nitrogens with one attached hydrogen (secondary N) is 1. The smallest absolute Gasteiger partial charge is 0.308 e. The van der Waals surface area contributed by atoms with Crippen LogP contribution in [-0.2, 0) is 4.79 Å². The lowest BCUT2D eigenvalue weighted by Gasteiger charge is -2.11. The van der Waals surface area contributed by atoms with E-state index in [1.807, 2.05) is 0 Å². The molecular formula is C11H12Cl2N2O3. The Morgan fingerprint density at radius 2 is 2.11 bits per heavy atom. The van der Waals surface area contributed by atoms with Gasteiger partial charge in [0.1, 0.15) is 10.8 Å². The first-order chi connectivity index (χ1) is 8.45. The van der Waals surface area contributed by atoms with E-state index in [2.05, 4.69) is 10.3 Å². The molecular weight excluding hydrogens is 279 g/mol. The maximum Gasteiger partial charge on any atom is 0.308 e. The number of carbonyl (C=O) groups is 2. The molecule has 1 atom stereocenters. The van der Waals surface area contributed by atoms with E-state index in [1.165, 1.54) is 12.1 Å². The number of aromatic nitrogens is 1. The number of rotatable bonds is 5. The zero-order valence-corrected chi connectivity index (χ0v) is 11.1. The van der Waals surface area contributed by atoms with Gasteiger partial charge in [0.15, 0.2) is 0 Å². The van der Waals surface area contributed by atoms with E-state index >= 15 is 0 Å². The average Bonchev–Trinajstić information content (AvgIpc) is 2.32. The Hall–Kier alpha value is -1.33. The molecule has 0 aliphatic carbocycles. The summed E-state index contributed by atoms with van der Waals surface area (Å²) in [6, 6.07) is 2.92. The van der Waals surface area contributed by atoms with Crippen LogP contribution in [-0.4, -0.2) is 28.5 Å². The molecule has 1 aromatic rings. The first kappa shape index (κ1) is 14.7. The fourth-order valence-electron chi connectivity index (χ4n) is 1.28. The molecule has 0 radical (unpaired) electrons. The predicted molar refractivity (Wildman–Crippen MR) is 68.0 cm³/mol. The van der Waals surface area contributed by atoms with Gasteiger partial charge in [-0.3, -0.25) is 9.59 Å². The largest absolute Gasteiger partial charge is 0.481 e. The molecule has 0 fully saturated rings. The SMILES string of the molecule is CCC(CNC(=O)c1nc(Cl)ccc1Cl)C(=O)O. The predicted octanol–water partition coefficient (Wildman–Crippen LogP) is 2.23. The maximum atomic E-state index is 11.8. The van der Waals surface area contributed by atoms with Crippen molar-refractivity contribution < 1.29 is 14.7 Å². The summed E-state index contributed by atoms with van der Waals surface area (Å²) in [5, 5.41) is 11.6. The van der Waals surface area contributed by atoms with Crippen LogP contribution in [0.15, 0.2) is 12.1 Å². The van der Waals surface area contributed by atoms with Crippen molar-refractivity contribution in [3.63, 3.8) is 0 Å². The molecule has 1 rings (SSSR count). The van der Waals surface area contributed by atoms with Crippen LogP contribution in [0.4, 0.5) is 0 Å². The molecule has 0 aliphatic heterocycles. The van der Waals surface area contributed by atoms with Gasteiger partial charge in [-0.1, -0.05) is 30.1 Å². The summed E-state index contributed by atoms with van der Waals surface area (Å²) in [4.78, 5) is 26.3. The van der Waals surface area contributed by atoms with Gasteiger partial charge in [-0.25, -0.2) is 4.98 Å². The lowest BCUT2D eigenvalue weighted by atomic mass is 10.1. The van der Waals surface area contributed by atoms with E-state index in [0.29, 0.717) is 6.42 Å². The van der Waals surface area contributed by atoms with Crippen molar-refractivity contribution in [2.24, 2.45) is 5.92 Å². The highest BCUT2D eigenvalue weighted by atomic mass is 35.5. The molecule has 0 aromatic carbocycles. The van der Waals surface area contributed by atoms with Crippen molar-refractivity contribution in [2.75, 3.05) is 6.54 Å². The fraction of sp³-hybridized carbons (Fsp3) is 0.364. The van der Waals surface area contributed by atoms with Crippen LogP contribution in [0.1, 0.15) is 23.8 Å². The van der Waals surface area contributed by atoms with Gasteiger partial charge < -0.3 is 10.4 Å². The van der Waals surface area contributed by atoms with Crippen molar-refractivity contribution in [1.82, 2.24) is 10.3 Å². The number of nitrogens with zero attached hydrogens (tertiary/aromatic N) is 1. The van der Waals surface area contributed by atoms with E-state index in [1.54, 1.807) is 6.92 Å². The van der Waals surface area contributed by atoms with E-state index < -0.39 is 17.8 Å².